The van der Waals surface area contributed by atoms with E-state index in [1.54, 1.807) is 32.1 Å². The highest BCUT2D eigenvalue weighted by molar-refractivity contribution is 7.90. The second-order valence-corrected chi connectivity index (χ2v) is 21.3. The van der Waals surface area contributed by atoms with Crippen molar-refractivity contribution in [1.29, 1.82) is 0 Å². The lowest BCUT2D eigenvalue weighted by molar-refractivity contribution is -0.159. The number of carbonyl (C=O) groups is 4. The van der Waals surface area contributed by atoms with Gasteiger partial charge in [0.05, 0.1) is 45.4 Å². The Labute approximate surface area is 355 Å². The number of carbonyl (C=O) groups excluding carboxylic acids is 4. The average Bonchev–Trinajstić information content (AvgIpc) is 4.01. The van der Waals surface area contributed by atoms with Gasteiger partial charge in [0.25, 0.3) is 6.01 Å². The molecule has 15 heteroatoms. The highest BCUT2D eigenvalue weighted by Gasteiger charge is 2.61. The van der Waals surface area contributed by atoms with E-state index in [1.807, 2.05) is 73.0 Å². The minimum atomic E-state index is -3.86. The van der Waals surface area contributed by atoms with Crippen molar-refractivity contribution in [1.82, 2.24) is 24.2 Å². The third-order valence-electron chi connectivity index (χ3n) is 12.2. The van der Waals surface area contributed by atoms with Gasteiger partial charge in [0, 0.05) is 30.4 Å². The molecule has 0 unspecified atom stereocenters. The fourth-order valence-electron chi connectivity index (χ4n) is 8.89. The number of nitrogens with one attached hydrogen (secondary N) is 1. The number of hydrogen-bond acceptors (Lipinski definition) is 11. The quantitative estimate of drug-likeness (QED) is 0.130. The summed E-state index contributed by atoms with van der Waals surface area (Å²) in [5.41, 5.74) is 1.36. The Morgan fingerprint density at radius 2 is 1.80 bits per heavy atom. The van der Waals surface area contributed by atoms with Gasteiger partial charge >= 0.3 is 5.97 Å². The number of fused-ring (bicyclic) bond motifs is 4. The number of rotatable bonds is 9. The molecule has 2 aliphatic heterocycles. The number of benzene rings is 2. The van der Waals surface area contributed by atoms with Crippen LogP contribution in [0.15, 0.2) is 54.6 Å². The van der Waals surface area contributed by atoms with Crippen LogP contribution in [0.4, 0.5) is 0 Å². The van der Waals surface area contributed by atoms with E-state index in [0.717, 1.165) is 51.1 Å². The Morgan fingerprint density at radius 1 is 1.02 bits per heavy atom. The first-order chi connectivity index (χ1) is 28.5. The third-order valence-corrected chi connectivity index (χ3v) is 15.1. The van der Waals surface area contributed by atoms with Crippen molar-refractivity contribution in [2.24, 2.45) is 17.3 Å². The maximum absolute atomic E-state index is 14.8. The molecular weight excluding hydrogens is 803 g/mol. The topological polar surface area (TPSA) is 167 Å². The lowest BCUT2D eigenvalue weighted by atomic mass is 9.90. The summed E-state index contributed by atoms with van der Waals surface area (Å²) in [5.74, 6) is -2.88. The molecule has 4 heterocycles. The lowest BCUT2D eigenvalue weighted by Crippen LogP contribution is -2.46. The molecule has 4 aromatic rings. The lowest BCUT2D eigenvalue weighted by Gasteiger charge is -2.29. The summed E-state index contributed by atoms with van der Waals surface area (Å²) in [6, 6.07) is 13.3. The molecule has 2 saturated carbocycles. The van der Waals surface area contributed by atoms with Crippen LogP contribution in [-0.4, -0.2) is 81.0 Å². The summed E-state index contributed by atoms with van der Waals surface area (Å²) in [7, 11) is -3.86. The van der Waals surface area contributed by atoms with Crippen LogP contribution in [-0.2, 0) is 33.9 Å². The van der Waals surface area contributed by atoms with E-state index in [9.17, 15) is 27.6 Å². The van der Waals surface area contributed by atoms with E-state index in [4.69, 9.17) is 19.4 Å². The number of nitrogens with zero attached hydrogens (tertiary/aromatic N) is 4. The number of imidazole rings is 1. The van der Waals surface area contributed by atoms with Crippen LogP contribution in [0.5, 0.6) is 6.01 Å². The van der Waals surface area contributed by atoms with Crippen LogP contribution in [0.3, 0.4) is 0 Å². The highest BCUT2D eigenvalue weighted by atomic mass is 32.2. The van der Waals surface area contributed by atoms with Crippen LogP contribution >= 0.6 is 11.3 Å². The highest BCUT2D eigenvalue weighted by Crippen LogP contribution is 2.57. The van der Waals surface area contributed by atoms with Gasteiger partial charge in [0.15, 0.2) is 5.78 Å². The molecule has 5 atom stereocenters. The zero-order chi connectivity index (χ0) is 42.6. The van der Waals surface area contributed by atoms with E-state index in [2.05, 4.69) is 4.72 Å². The molecule has 0 spiro atoms. The minimum Gasteiger partial charge on any atom is -0.460 e. The van der Waals surface area contributed by atoms with Gasteiger partial charge in [-0.05, 0) is 103 Å². The van der Waals surface area contributed by atoms with E-state index >= 15 is 0 Å². The zero-order valence-corrected chi connectivity index (χ0v) is 36.6. The first-order valence-corrected chi connectivity index (χ1v) is 23.7. The SMILES string of the molecule is CC(C)n1c(O[C@@H]2C[C@H]3C(=O)C[C@]4(C(=O)NS(=O)(=O)C5CC5)C[C@@H]4/C=C\CCCCC[C@H](CC(=O)OC(C)(C)C)C(=O)N3C2)nc2c(-c3nc4ccccc4s3)cccc21. The molecule has 0 bridgehead atoms. The van der Waals surface area contributed by atoms with Crippen molar-refractivity contribution >= 4 is 66.2 Å². The number of aromatic nitrogens is 3. The zero-order valence-electron chi connectivity index (χ0n) is 35.0. The number of sulfonamides is 1. The number of allylic oxidation sites excluding steroid dienone is 2. The van der Waals surface area contributed by atoms with Crippen LogP contribution in [0.1, 0.15) is 111 Å². The van der Waals surface area contributed by atoms with E-state index in [1.165, 1.54) is 4.90 Å². The largest absolute Gasteiger partial charge is 0.460 e. The van der Waals surface area contributed by atoms with Gasteiger partial charge in [-0.25, -0.2) is 13.4 Å². The molecule has 60 heavy (non-hydrogen) atoms. The second kappa shape index (κ2) is 16.3. The van der Waals surface area contributed by atoms with Crippen molar-refractivity contribution in [3.05, 3.63) is 54.6 Å². The van der Waals surface area contributed by atoms with Gasteiger partial charge in [-0.15, -0.1) is 11.3 Å². The molecule has 3 fully saturated rings. The summed E-state index contributed by atoms with van der Waals surface area (Å²) >= 11 is 1.59. The van der Waals surface area contributed by atoms with Crippen LogP contribution in [0.25, 0.3) is 31.8 Å². The molecule has 1 saturated heterocycles. The first kappa shape index (κ1) is 42.1. The Hall–Kier alpha value is -4.63. The van der Waals surface area contributed by atoms with Crippen LogP contribution in [0.2, 0.25) is 0 Å². The third kappa shape index (κ3) is 8.75. The number of para-hydroxylation sites is 2. The van der Waals surface area contributed by atoms with Gasteiger partial charge < -0.3 is 14.4 Å². The Balaban J connectivity index is 1.13. The molecule has 13 nitrogen and oxygen atoms in total. The van der Waals surface area contributed by atoms with Crippen LogP contribution in [0, 0.1) is 17.3 Å². The molecule has 2 amide bonds. The van der Waals surface area contributed by atoms with Crippen molar-refractivity contribution in [2.75, 3.05) is 6.54 Å². The average molecular weight is 858 g/mol. The van der Waals surface area contributed by atoms with Gasteiger partial charge in [-0.1, -0.05) is 43.2 Å². The summed E-state index contributed by atoms with van der Waals surface area (Å²) in [6.07, 6.45) is 7.93. The second-order valence-electron chi connectivity index (χ2n) is 18.3. The van der Waals surface area contributed by atoms with Crippen molar-refractivity contribution < 1.29 is 37.1 Å². The molecule has 0 radical (unpaired) electrons. The summed E-state index contributed by atoms with van der Waals surface area (Å²) in [6.45, 7) is 9.50. The number of ketones is 1. The molecule has 4 aliphatic rings. The summed E-state index contributed by atoms with van der Waals surface area (Å²) in [4.78, 5) is 68.2. The van der Waals surface area contributed by atoms with Gasteiger partial charge in [-0.2, -0.15) is 4.98 Å². The number of Topliss-reactive ketones (excluding diaryl/α,β-unsaturated/α-hetero) is 1. The molecule has 320 valence electrons. The van der Waals surface area contributed by atoms with Crippen molar-refractivity contribution in [3.63, 3.8) is 0 Å². The Kier molecular flexibility index (Phi) is 11.5. The fourth-order valence-corrected chi connectivity index (χ4v) is 11.3. The van der Waals surface area contributed by atoms with Gasteiger partial charge in [0.2, 0.25) is 21.8 Å². The number of thiazole rings is 1. The Bertz CT molecular complexity index is 2430. The van der Waals surface area contributed by atoms with E-state index in [-0.39, 0.29) is 49.5 Å². The molecule has 8 rings (SSSR count). The number of esters is 1. The van der Waals surface area contributed by atoms with Gasteiger partial charge in [0.1, 0.15) is 22.2 Å². The smallest absolute Gasteiger partial charge is 0.307 e. The predicted molar refractivity (Wildman–Crippen MR) is 230 cm³/mol. The van der Waals surface area contributed by atoms with Crippen molar-refractivity contribution in [2.45, 2.75) is 134 Å². The predicted octanol–water partition coefficient (Wildman–Crippen LogP) is 7.68. The van der Waals surface area contributed by atoms with Gasteiger partial charge in [-0.3, -0.25) is 28.5 Å². The number of hydrogen-bond donors (Lipinski definition) is 1. The molecule has 2 aliphatic carbocycles. The van der Waals surface area contributed by atoms with E-state index < -0.39 is 56.2 Å². The summed E-state index contributed by atoms with van der Waals surface area (Å²) in [5, 5.41) is 0.232. The maximum Gasteiger partial charge on any atom is 0.307 e. The normalized spacial score (nSPS) is 26.0. The standard InChI is InChI=1S/C45H55N5O8S2/c1-27(2)50-34-18-13-16-32(40-46-33-17-11-12-19-37(33)59-40)39(34)47-43(50)57-30-23-35-36(51)25-45(42(54)48-60(55,56)31-20-21-31)24-29(45)15-10-8-6-7-9-14-28(41(53)49(35)26-30)22-38(52)58-44(3,4)5/h10-13,15-19,27-31,35H,6-9,14,20-26H2,1-5H3,(H,48,54)/b15-10-/t28-,29+,30-,35+,45-/m1/s1. The Morgan fingerprint density at radius 3 is 2.53 bits per heavy atom. The first-order valence-electron chi connectivity index (χ1n) is 21.3. The fraction of sp³-hybridized carbons (Fsp3) is 0.556. The number of amides is 2. The monoisotopic (exact) mass is 857 g/mol. The molecular formula is C45H55N5O8S2. The molecule has 2 aromatic heterocycles. The molecule has 1 N–H and O–H groups in total. The molecule has 2 aromatic carbocycles. The maximum atomic E-state index is 14.8. The van der Waals surface area contributed by atoms with E-state index in [0.29, 0.717) is 38.1 Å². The summed E-state index contributed by atoms with van der Waals surface area (Å²) < 4.78 is 43.8. The van der Waals surface area contributed by atoms with Crippen molar-refractivity contribution in [3.8, 4) is 16.6 Å². The van der Waals surface area contributed by atoms with Crippen LogP contribution < -0.4 is 9.46 Å². The minimum absolute atomic E-state index is 0.0602. The number of ether oxygens (including phenoxy) is 2.